The highest BCUT2D eigenvalue weighted by atomic mass is 16.5. The van der Waals surface area contributed by atoms with E-state index in [1.54, 1.807) is 6.20 Å². The topological polar surface area (TPSA) is 83.6 Å². The number of rotatable bonds is 12. The van der Waals surface area contributed by atoms with E-state index in [4.69, 9.17) is 4.74 Å². The molecule has 7 nitrogen and oxygen atoms in total. The molecule has 3 aromatic rings. The zero-order valence-corrected chi connectivity index (χ0v) is 21.1. The molecule has 5 rings (SSSR count). The van der Waals surface area contributed by atoms with E-state index in [1.165, 1.54) is 12.8 Å². The Morgan fingerprint density at radius 3 is 2.41 bits per heavy atom. The molecule has 1 aliphatic heterocycles. The van der Waals surface area contributed by atoms with E-state index in [0.29, 0.717) is 31.0 Å². The fourth-order valence-electron chi connectivity index (χ4n) is 4.41. The third-order valence-corrected chi connectivity index (χ3v) is 6.88. The van der Waals surface area contributed by atoms with E-state index in [2.05, 4.69) is 15.6 Å². The van der Waals surface area contributed by atoms with E-state index >= 15 is 0 Å². The summed E-state index contributed by atoms with van der Waals surface area (Å²) in [7, 11) is 0. The first kappa shape index (κ1) is 25.0. The number of benzene rings is 2. The van der Waals surface area contributed by atoms with Crippen molar-refractivity contribution in [1.29, 1.82) is 0 Å². The standard InChI is InChI=1S/C30H34N4O3/c35-29(33-18-23-4-2-1-3-5-23)17-26-11-8-25(19-32-26)24-9-12-28(13-10-24)37-15-14-31-27-20-34(21-27)30(36)16-22-6-7-22/h1-5,8-13,19,22,27,31H,6-7,14-18,20-21H2,(H,33,35). The van der Waals surface area contributed by atoms with Gasteiger partial charge in [-0.15, -0.1) is 0 Å². The van der Waals surface area contributed by atoms with Crippen molar-refractivity contribution < 1.29 is 14.3 Å². The average Bonchev–Trinajstić information content (AvgIpc) is 3.71. The van der Waals surface area contributed by atoms with Crippen LogP contribution in [0, 0.1) is 5.92 Å². The van der Waals surface area contributed by atoms with Gasteiger partial charge < -0.3 is 20.3 Å². The van der Waals surface area contributed by atoms with Crippen molar-refractivity contribution in [1.82, 2.24) is 20.5 Å². The lowest BCUT2D eigenvalue weighted by Gasteiger charge is -2.40. The fraction of sp³-hybridized carbons (Fsp3) is 0.367. The first-order valence-electron chi connectivity index (χ1n) is 13.1. The summed E-state index contributed by atoms with van der Waals surface area (Å²) >= 11 is 0. The molecule has 37 heavy (non-hydrogen) atoms. The molecule has 0 radical (unpaired) electrons. The number of pyridine rings is 1. The molecular formula is C30H34N4O3. The molecule has 1 saturated heterocycles. The Balaban J connectivity index is 0.993. The molecule has 7 heteroatoms. The molecule has 2 fully saturated rings. The van der Waals surface area contributed by atoms with Crippen LogP contribution in [0.3, 0.4) is 0 Å². The third kappa shape index (κ3) is 7.40. The molecule has 1 aliphatic carbocycles. The van der Waals surface area contributed by atoms with Crippen molar-refractivity contribution in [2.75, 3.05) is 26.2 Å². The number of likely N-dealkylation sites (tertiary alicyclic amines) is 1. The van der Waals surface area contributed by atoms with Gasteiger partial charge in [-0.2, -0.15) is 0 Å². The zero-order valence-electron chi connectivity index (χ0n) is 21.1. The summed E-state index contributed by atoms with van der Waals surface area (Å²) in [5.41, 5.74) is 3.85. The van der Waals surface area contributed by atoms with Crippen LogP contribution >= 0.6 is 0 Å². The van der Waals surface area contributed by atoms with E-state index in [0.717, 1.165) is 54.2 Å². The molecule has 2 N–H and O–H groups in total. The summed E-state index contributed by atoms with van der Waals surface area (Å²) in [6.45, 7) is 3.47. The highest BCUT2D eigenvalue weighted by Gasteiger charge is 2.33. The van der Waals surface area contributed by atoms with E-state index < -0.39 is 0 Å². The predicted octanol–water partition coefficient (Wildman–Crippen LogP) is 3.59. The van der Waals surface area contributed by atoms with Crippen LogP contribution in [0.15, 0.2) is 72.9 Å². The summed E-state index contributed by atoms with van der Waals surface area (Å²) in [5, 5.41) is 6.39. The minimum Gasteiger partial charge on any atom is -0.492 e. The summed E-state index contributed by atoms with van der Waals surface area (Å²) in [4.78, 5) is 30.7. The quantitative estimate of drug-likeness (QED) is 0.373. The number of aromatic nitrogens is 1. The molecule has 0 bridgehead atoms. The number of carbonyl (C=O) groups excluding carboxylic acids is 2. The van der Waals surface area contributed by atoms with Gasteiger partial charge in [0.25, 0.3) is 0 Å². The van der Waals surface area contributed by atoms with Gasteiger partial charge in [-0.05, 0) is 48.1 Å². The smallest absolute Gasteiger partial charge is 0.226 e. The van der Waals surface area contributed by atoms with E-state index in [-0.39, 0.29) is 12.3 Å². The Kier molecular flexibility index (Phi) is 8.11. The molecule has 2 aromatic carbocycles. The van der Waals surface area contributed by atoms with Gasteiger partial charge in [-0.3, -0.25) is 14.6 Å². The Morgan fingerprint density at radius 2 is 1.70 bits per heavy atom. The lowest BCUT2D eigenvalue weighted by Crippen LogP contribution is -2.60. The maximum atomic E-state index is 12.2. The normalized spacial score (nSPS) is 15.2. The highest BCUT2D eigenvalue weighted by Crippen LogP contribution is 2.33. The van der Waals surface area contributed by atoms with Crippen molar-refractivity contribution in [3.63, 3.8) is 0 Å². The Hall–Kier alpha value is -3.71. The van der Waals surface area contributed by atoms with Gasteiger partial charge in [0.15, 0.2) is 0 Å². The maximum Gasteiger partial charge on any atom is 0.226 e. The predicted molar refractivity (Wildman–Crippen MR) is 143 cm³/mol. The van der Waals surface area contributed by atoms with Crippen LogP contribution in [0.4, 0.5) is 0 Å². The Labute approximate surface area is 218 Å². The zero-order chi connectivity index (χ0) is 25.5. The van der Waals surface area contributed by atoms with Crippen molar-refractivity contribution in [2.45, 2.75) is 38.3 Å². The van der Waals surface area contributed by atoms with Crippen LogP contribution in [0.1, 0.15) is 30.5 Å². The van der Waals surface area contributed by atoms with Gasteiger partial charge in [0.1, 0.15) is 12.4 Å². The molecule has 2 amide bonds. The molecule has 1 aromatic heterocycles. The molecule has 2 aliphatic rings. The van der Waals surface area contributed by atoms with Crippen LogP contribution < -0.4 is 15.4 Å². The minimum atomic E-state index is -0.0446. The second-order valence-corrected chi connectivity index (χ2v) is 9.95. The largest absolute Gasteiger partial charge is 0.492 e. The number of nitrogens with one attached hydrogen (secondary N) is 2. The molecule has 1 saturated carbocycles. The molecule has 192 valence electrons. The van der Waals surface area contributed by atoms with Crippen LogP contribution in [0.2, 0.25) is 0 Å². The fourth-order valence-corrected chi connectivity index (χ4v) is 4.41. The van der Waals surface area contributed by atoms with Gasteiger partial charge in [0.05, 0.1) is 6.42 Å². The van der Waals surface area contributed by atoms with Crippen LogP contribution in [-0.4, -0.2) is 54.0 Å². The van der Waals surface area contributed by atoms with Crippen molar-refractivity contribution in [3.8, 4) is 16.9 Å². The van der Waals surface area contributed by atoms with Crippen LogP contribution in [0.5, 0.6) is 5.75 Å². The second-order valence-electron chi connectivity index (χ2n) is 9.95. The lowest BCUT2D eigenvalue weighted by atomic mass is 10.1. The van der Waals surface area contributed by atoms with Crippen LogP contribution in [0.25, 0.3) is 11.1 Å². The molecule has 0 unspecified atom stereocenters. The summed E-state index contributed by atoms with van der Waals surface area (Å²) in [6.07, 6.45) is 5.23. The number of amides is 2. The number of nitrogens with zero attached hydrogens (tertiary/aromatic N) is 2. The first-order valence-corrected chi connectivity index (χ1v) is 13.1. The van der Waals surface area contributed by atoms with Gasteiger partial charge in [0.2, 0.25) is 11.8 Å². The monoisotopic (exact) mass is 498 g/mol. The van der Waals surface area contributed by atoms with Crippen LogP contribution in [-0.2, 0) is 22.6 Å². The Morgan fingerprint density at radius 1 is 0.946 bits per heavy atom. The van der Waals surface area contributed by atoms with E-state index in [1.807, 2.05) is 71.6 Å². The van der Waals surface area contributed by atoms with Crippen molar-refractivity contribution >= 4 is 11.8 Å². The number of ether oxygens (including phenoxy) is 1. The minimum absolute atomic E-state index is 0.0446. The first-order chi connectivity index (χ1) is 18.1. The molecule has 0 spiro atoms. The van der Waals surface area contributed by atoms with Gasteiger partial charge in [0, 0.05) is 56.1 Å². The van der Waals surface area contributed by atoms with Gasteiger partial charge in [-0.1, -0.05) is 48.5 Å². The Bertz CT molecular complexity index is 1170. The lowest BCUT2D eigenvalue weighted by molar-refractivity contribution is -0.136. The summed E-state index contributed by atoms with van der Waals surface area (Å²) in [5.74, 6) is 1.74. The average molecular weight is 499 g/mol. The molecular weight excluding hydrogens is 464 g/mol. The van der Waals surface area contributed by atoms with Crippen molar-refractivity contribution in [3.05, 3.63) is 84.2 Å². The number of hydrogen-bond donors (Lipinski definition) is 2. The number of carbonyl (C=O) groups is 2. The second kappa shape index (κ2) is 12.0. The third-order valence-electron chi connectivity index (χ3n) is 6.88. The summed E-state index contributed by atoms with van der Waals surface area (Å²) in [6, 6.07) is 22.1. The molecule has 0 atom stereocenters. The van der Waals surface area contributed by atoms with Crippen molar-refractivity contribution in [2.24, 2.45) is 5.92 Å². The highest BCUT2D eigenvalue weighted by molar-refractivity contribution is 5.78. The van der Waals surface area contributed by atoms with Gasteiger partial charge >= 0.3 is 0 Å². The van der Waals surface area contributed by atoms with E-state index in [9.17, 15) is 9.59 Å². The van der Waals surface area contributed by atoms with Gasteiger partial charge in [-0.25, -0.2) is 0 Å². The summed E-state index contributed by atoms with van der Waals surface area (Å²) < 4.78 is 5.87. The number of hydrogen-bond acceptors (Lipinski definition) is 5. The maximum absolute atomic E-state index is 12.2. The molecule has 2 heterocycles. The SMILES string of the molecule is O=C(Cc1ccc(-c2ccc(OCCNC3CN(C(=O)CC4CC4)C3)cc2)cn1)NCc1ccccc1.